The zero-order valence-corrected chi connectivity index (χ0v) is 11.6. The first kappa shape index (κ1) is 15.9. The molecule has 0 aliphatic rings. The molecule has 1 N–H and O–H groups in total. The predicted octanol–water partition coefficient (Wildman–Crippen LogP) is 2.24. The topological polar surface area (TPSA) is 57.6 Å². The van der Waals surface area contributed by atoms with Crippen LogP contribution in [0.15, 0.2) is 0 Å². The summed E-state index contributed by atoms with van der Waals surface area (Å²) in [5.74, 6) is -0.401. The second-order valence-corrected chi connectivity index (χ2v) is 5.45. The van der Waals surface area contributed by atoms with E-state index < -0.39 is 11.9 Å². The van der Waals surface area contributed by atoms with Gasteiger partial charge in [0.25, 0.3) is 0 Å². The Bertz CT molecular complexity index is 263. The third kappa shape index (κ3) is 6.97. The summed E-state index contributed by atoms with van der Waals surface area (Å²) >= 11 is 0. The molecule has 100 valence electrons. The van der Waals surface area contributed by atoms with Crippen molar-refractivity contribution in [1.82, 2.24) is 4.90 Å². The molecule has 2 atom stereocenters. The van der Waals surface area contributed by atoms with E-state index in [1.165, 1.54) is 4.90 Å². The third-order valence-electron chi connectivity index (χ3n) is 2.79. The molecule has 0 aliphatic carbocycles. The van der Waals surface area contributed by atoms with E-state index in [1.54, 1.807) is 14.0 Å². The van der Waals surface area contributed by atoms with E-state index in [0.717, 1.165) is 6.42 Å². The van der Waals surface area contributed by atoms with E-state index in [-0.39, 0.29) is 12.5 Å². The second kappa shape index (κ2) is 7.30. The van der Waals surface area contributed by atoms with Gasteiger partial charge in [0.15, 0.2) is 0 Å². The molecule has 2 unspecified atom stereocenters. The molecule has 0 aromatic rings. The van der Waals surface area contributed by atoms with Gasteiger partial charge in [-0.05, 0) is 18.3 Å². The average molecular weight is 243 g/mol. The zero-order valence-electron chi connectivity index (χ0n) is 11.6. The SMILES string of the molecule is CC(C)CC(C)CC(=O)N(C)CC(C)C(=O)O. The first-order valence-corrected chi connectivity index (χ1v) is 6.20. The summed E-state index contributed by atoms with van der Waals surface area (Å²) in [6.45, 7) is 8.23. The fourth-order valence-electron chi connectivity index (χ4n) is 1.93. The van der Waals surface area contributed by atoms with Crippen LogP contribution in [0.25, 0.3) is 0 Å². The molecule has 1 amide bonds. The highest BCUT2D eigenvalue weighted by Crippen LogP contribution is 2.15. The molecule has 0 saturated carbocycles. The summed E-state index contributed by atoms with van der Waals surface area (Å²) in [6, 6.07) is 0. The first-order valence-electron chi connectivity index (χ1n) is 6.20. The van der Waals surface area contributed by atoms with Gasteiger partial charge in [-0.3, -0.25) is 9.59 Å². The number of carboxylic acid groups (broad SMARTS) is 1. The number of aliphatic carboxylic acids is 1. The average Bonchev–Trinajstić information content (AvgIpc) is 2.15. The van der Waals surface area contributed by atoms with E-state index in [1.807, 2.05) is 0 Å². The van der Waals surface area contributed by atoms with Crippen molar-refractivity contribution in [2.45, 2.75) is 40.5 Å². The van der Waals surface area contributed by atoms with E-state index in [2.05, 4.69) is 20.8 Å². The highest BCUT2D eigenvalue weighted by atomic mass is 16.4. The van der Waals surface area contributed by atoms with Gasteiger partial charge in [-0.25, -0.2) is 0 Å². The minimum atomic E-state index is -0.861. The number of rotatable bonds is 7. The lowest BCUT2D eigenvalue weighted by atomic mass is 9.95. The van der Waals surface area contributed by atoms with E-state index in [0.29, 0.717) is 18.3 Å². The number of carboxylic acids is 1. The third-order valence-corrected chi connectivity index (χ3v) is 2.79. The van der Waals surface area contributed by atoms with Gasteiger partial charge in [-0.15, -0.1) is 0 Å². The minimum Gasteiger partial charge on any atom is -0.481 e. The number of amides is 1. The largest absolute Gasteiger partial charge is 0.481 e. The van der Waals surface area contributed by atoms with Crippen molar-refractivity contribution in [2.75, 3.05) is 13.6 Å². The number of hydrogen-bond acceptors (Lipinski definition) is 2. The van der Waals surface area contributed by atoms with Crippen molar-refractivity contribution >= 4 is 11.9 Å². The standard InChI is InChI=1S/C13H25NO3/c1-9(2)6-10(3)7-12(15)14(5)8-11(4)13(16)17/h9-11H,6-8H2,1-5H3,(H,16,17). The molecule has 0 heterocycles. The summed E-state index contributed by atoms with van der Waals surface area (Å²) < 4.78 is 0. The van der Waals surface area contributed by atoms with Crippen molar-refractivity contribution in [3.8, 4) is 0 Å². The van der Waals surface area contributed by atoms with Crippen LogP contribution in [0.3, 0.4) is 0 Å². The van der Waals surface area contributed by atoms with Crippen molar-refractivity contribution in [2.24, 2.45) is 17.8 Å². The molecule has 0 aliphatic heterocycles. The van der Waals surface area contributed by atoms with Crippen LogP contribution in [0.1, 0.15) is 40.5 Å². The molecule has 17 heavy (non-hydrogen) atoms. The summed E-state index contributed by atoms with van der Waals surface area (Å²) in [5, 5.41) is 8.78. The van der Waals surface area contributed by atoms with Crippen LogP contribution < -0.4 is 0 Å². The molecular formula is C13H25NO3. The van der Waals surface area contributed by atoms with Crippen molar-refractivity contribution in [3.05, 3.63) is 0 Å². The maximum atomic E-state index is 11.8. The van der Waals surface area contributed by atoms with Crippen LogP contribution in [0.2, 0.25) is 0 Å². The number of carbonyl (C=O) groups is 2. The van der Waals surface area contributed by atoms with Gasteiger partial charge in [-0.2, -0.15) is 0 Å². The van der Waals surface area contributed by atoms with Crippen molar-refractivity contribution in [1.29, 1.82) is 0 Å². The Morgan fingerprint density at radius 2 is 1.71 bits per heavy atom. The highest BCUT2D eigenvalue weighted by Gasteiger charge is 2.19. The van der Waals surface area contributed by atoms with Crippen LogP contribution in [-0.2, 0) is 9.59 Å². The maximum Gasteiger partial charge on any atom is 0.308 e. The molecular weight excluding hydrogens is 218 g/mol. The molecule has 0 saturated heterocycles. The Kier molecular flexibility index (Phi) is 6.85. The van der Waals surface area contributed by atoms with Gasteiger partial charge >= 0.3 is 5.97 Å². The lowest BCUT2D eigenvalue weighted by Crippen LogP contribution is -2.34. The molecule has 4 heteroatoms. The van der Waals surface area contributed by atoms with Gasteiger partial charge < -0.3 is 10.0 Å². The Morgan fingerprint density at radius 1 is 1.18 bits per heavy atom. The second-order valence-electron chi connectivity index (χ2n) is 5.45. The molecule has 0 aromatic heterocycles. The normalized spacial score (nSPS) is 14.5. The van der Waals surface area contributed by atoms with Gasteiger partial charge in [0.05, 0.1) is 5.92 Å². The van der Waals surface area contributed by atoms with Gasteiger partial charge in [0.2, 0.25) is 5.91 Å². The van der Waals surface area contributed by atoms with Crippen LogP contribution in [0.4, 0.5) is 0 Å². The molecule has 0 rings (SSSR count). The fraction of sp³-hybridized carbons (Fsp3) is 0.846. The molecule has 4 nitrogen and oxygen atoms in total. The fourth-order valence-corrected chi connectivity index (χ4v) is 1.93. The number of carbonyl (C=O) groups excluding carboxylic acids is 1. The minimum absolute atomic E-state index is 0.0336. The monoisotopic (exact) mass is 243 g/mol. The van der Waals surface area contributed by atoms with E-state index >= 15 is 0 Å². The Balaban J connectivity index is 4.09. The van der Waals surface area contributed by atoms with E-state index in [9.17, 15) is 9.59 Å². The van der Waals surface area contributed by atoms with Crippen molar-refractivity contribution in [3.63, 3.8) is 0 Å². The van der Waals surface area contributed by atoms with Crippen molar-refractivity contribution < 1.29 is 14.7 Å². The quantitative estimate of drug-likeness (QED) is 0.746. The van der Waals surface area contributed by atoms with E-state index in [4.69, 9.17) is 5.11 Å². The maximum absolute atomic E-state index is 11.8. The Morgan fingerprint density at radius 3 is 2.12 bits per heavy atom. The summed E-state index contributed by atoms with van der Waals surface area (Å²) in [4.78, 5) is 24.0. The molecule has 0 aromatic carbocycles. The lowest BCUT2D eigenvalue weighted by molar-refractivity contribution is -0.142. The zero-order chi connectivity index (χ0) is 13.6. The van der Waals surface area contributed by atoms with Gasteiger partial charge in [-0.1, -0.05) is 27.7 Å². The summed E-state index contributed by atoms with van der Waals surface area (Å²) in [7, 11) is 1.67. The molecule has 0 fully saturated rings. The van der Waals surface area contributed by atoms with Gasteiger partial charge in [0, 0.05) is 20.0 Å². The molecule has 0 spiro atoms. The van der Waals surface area contributed by atoms with Gasteiger partial charge in [0.1, 0.15) is 0 Å². The Hall–Kier alpha value is -1.06. The smallest absolute Gasteiger partial charge is 0.308 e. The van der Waals surface area contributed by atoms with Crippen LogP contribution in [0.5, 0.6) is 0 Å². The summed E-state index contributed by atoms with van der Waals surface area (Å²) in [5.41, 5.74) is 0. The molecule has 0 bridgehead atoms. The summed E-state index contributed by atoms with van der Waals surface area (Å²) in [6.07, 6.45) is 1.52. The number of hydrogen-bond donors (Lipinski definition) is 1. The molecule has 0 radical (unpaired) electrons. The first-order chi connectivity index (χ1) is 7.73. The highest BCUT2D eigenvalue weighted by molar-refractivity contribution is 5.77. The number of nitrogens with zero attached hydrogens (tertiary/aromatic N) is 1. The van der Waals surface area contributed by atoms with Crippen LogP contribution in [-0.4, -0.2) is 35.5 Å². The Labute approximate surface area is 104 Å². The van der Waals surface area contributed by atoms with Crippen LogP contribution in [0, 0.1) is 17.8 Å². The van der Waals surface area contributed by atoms with Crippen LogP contribution >= 0.6 is 0 Å². The lowest BCUT2D eigenvalue weighted by Gasteiger charge is -2.22. The predicted molar refractivity (Wildman–Crippen MR) is 67.7 cm³/mol.